The summed E-state index contributed by atoms with van der Waals surface area (Å²) in [5.74, 6) is 0.169. The van der Waals surface area contributed by atoms with Crippen LogP contribution >= 0.6 is 0 Å². The molecular formula is C17H18N4O2. The molecule has 2 N–H and O–H groups in total. The smallest absolute Gasteiger partial charge is 0.263 e. The average Bonchev–Trinajstić information content (AvgIpc) is 3.07. The topological polar surface area (TPSA) is 81.3 Å². The summed E-state index contributed by atoms with van der Waals surface area (Å²) in [6.07, 6.45) is 2.92. The highest BCUT2D eigenvalue weighted by Gasteiger charge is 2.09. The lowest BCUT2D eigenvalue weighted by Crippen LogP contribution is -2.24. The lowest BCUT2D eigenvalue weighted by molar-refractivity contribution is -0.117. The van der Waals surface area contributed by atoms with Crippen LogP contribution in [0.4, 0.5) is 11.4 Å². The lowest BCUT2D eigenvalue weighted by atomic mass is 10.2. The van der Waals surface area contributed by atoms with Crippen molar-refractivity contribution in [3.05, 3.63) is 60.2 Å². The first kappa shape index (κ1) is 16.2. The molecular weight excluding hydrogens is 292 g/mol. The molecule has 0 atom stereocenters. The Morgan fingerprint density at radius 2 is 2.17 bits per heavy atom. The fourth-order valence-corrected chi connectivity index (χ4v) is 1.85. The van der Waals surface area contributed by atoms with Gasteiger partial charge in [-0.25, -0.2) is 0 Å². The second-order valence-electron chi connectivity index (χ2n) is 5.02. The van der Waals surface area contributed by atoms with Crippen molar-refractivity contribution in [2.24, 2.45) is 0 Å². The molecule has 0 aliphatic rings. The van der Waals surface area contributed by atoms with Crippen molar-refractivity contribution in [3.63, 3.8) is 0 Å². The fraction of sp³-hybridized carbons (Fsp3) is 0.176. The third-order valence-electron chi connectivity index (χ3n) is 3.11. The van der Waals surface area contributed by atoms with E-state index in [1.165, 1.54) is 12.5 Å². The first-order valence-corrected chi connectivity index (χ1v) is 7.05. The van der Waals surface area contributed by atoms with Gasteiger partial charge < -0.3 is 20.0 Å². The molecule has 0 radical (unpaired) electrons. The van der Waals surface area contributed by atoms with Gasteiger partial charge >= 0.3 is 0 Å². The van der Waals surface area contributed by atoms with Crippen LogP contribution in [0, 0.1) is 11.3 Å². The largest absolute Gasteiger partial charge is 0.467 e. The Balaban J connectivity index is 1.99. The molecule has 0 fully saturated rings. The van der Waals surface area contributed by atoms with E-state index in [-0.39, 0.29) is 12.1 Å². The van der Waals surface area contributed by atoms with E-state index in [1.807, 2.05) is 49.3 Å². The predicted octanol–water partition coefficient (Wildman–Crippen LogP) is 2.48. The number of furan rings is 1. The Morgan fingerprint density at radius 3 is 2.83 bits per heavy atom. The highest BCUT2D eigenvalue weighted by atomic mass is 16.3. The molecule has 1 amide bonds. The zero-order valence-corrected chi connectivity index (χ0v) is 13.0. The summed E-state index contributed by atoms with van der Waals surface area (Å²) in [7, 11) is 3.88. The maximum absolute atomic E-state index is 12.0. The highest BCUT2D eigenvalue weighted by Crippen LogP contribution is 2.17. The number of benzene rings is 1. The number of anilines is 2. The number of rotatable bonds is 6. The van der Waals surface area contributed by atoms with Gasteiger partial charge in [0, 0.05) is 31.7 Å². The van der Waals surface area contributed by atoms with Crippen LogP contribution in [-0.2, 0) is 11.3 Å². The molecule has 118 valence electrons. The van der Waals surface area contributed by atoms with Crippen LogP contribution in [0.5, 0.6) is 0 Å². The van der Waals surface area contributed by atoms with E-state index < -0.39 is 5.91 Å². The van der Waals surface area contributed by atoms with Crippen LogP contribution in [0.25, 0.3) is 0 Å². The van der Waals surface area contributed by atoms with Gasteiger partial charge in [0.15, 0.2) is 0 Å². The zero-order valence-electron chi connectivity index (χ0n) is 13.0. The first-order chi connectivity index (χ1) is 11.1. The first-order valence-electron chi connectivity index (χ1n) is 7.05. The van der Waals surface area contributed by atoms with Gasteiger partial charge in [-0.05, 0) is 30.3 Å². The minimum Gasteiger partial charge on any atom is -0.467 e. The van der Waals surface area contributed by atoms with Crippen LogP contribution in [0.15, 0.2) is 58.9 Å². The summed E-state index contributed by atoms with van der Waals surface area (Å²) in [6.45, 7) is 0.237. The molecule has 0 saturated heterocycles. The molecule has 2 rings (SSSR count). The molecule has 0 bridgehead atoms. The van der Waals surface area contributed by atoms with Crippen LogP contribution in [0.1, 0.15) is 5.76 Å². The summed E-state index contributed by atoms with van der Waals surface area (Å²) in [6, 6.07) is 13.0. The minimum atomic E-state index is -0.458. The molecule has 6 heteroatoms. The second kappa shape index (κ2) is 7.71. The molecule has 23 heavy (non-hydrogen) atoms. The molecule has 6 nitrogen and oxygen atoms in total. The summed E-state index contributed by atoms with van der Waals surface area (Å²) >= 11 is 0. The minimum absolute atomic E-state index is 0.00758. The SMILES string of the molecule is CN(C)c1cccc(N/C=C(/C#N)C(=O)NCc2ccco2)c1. The van der Waals surface area contributed by atoms with Crippen molar-refractivity contribution in [1.29, 1.82) is 5.26 Å². The summed E-state index contributed by atoms with van der Waals surface area (Å²) < 4.78 is 5.12. The van der Waals surface area contributed by atoms with E-state index >= 15 is 0 Å². The van der Waals surface area contributed by atoms with Crippen LogP contribution in [0.3, 0.4) is 0 Å². The fourth-order valence-electron chi connectivity index (χ4n) is 1.85. The molecule has 0 aliphatic carbocycles. The number of hydrogen-bond donors (Lipinski definition) is 2. The number of nitriles is 1. The van der Waals surface area contributed by atoms with Gasteiger partial charge in [0.2, 0.25) is 0 Å². The van der Waals surface area contributed by atoms with E-state index in [9.17, 15) is 4.79 Å². The molecule has 1 aromatic heterocycles. The average molecular weight is 310 g/mol. The Labute approximate surface area is 135 Å². The number of hydrogen-bond acceptors (Lipinski definition) is 5. The number of carbonyl (C=O) groups is 1. The van der Waals surface area contributed by atoms with E-state index in [0.29, 0.717) is 5.76 Å². The summed E-state index contributed by atoms with van der Waals surface area (Å²) in [5, 5.41) is 14.7. The van der Waals surface area contributed by atoms with E-state index in [0.717, 1.165) is 11.4 Å². The molecule has 1 heterocycles. The van der Waals surface area contributed by atoms with Crippen molar-refractivity contribution in [2.75, 3.05) is 24.3 Å². The summed E-state index contributed by atoms with van der Waals surface area (Å²) in [4.78, 5) is 13.9. The van der Waals surface area contributed by atoms with E-state index in [4.69, 9.17) is 9.68 Å². The van der Waals surface area contributed by atoms with Gasteiger partial charge in [0.05, 0.1) is 12.8 Å². The monoisotopic (exact) mass is 310 g/mol. The predicted molar refractivity (Wildman–Crippen MR) is 88.6 cm³/mol. The Morgan fingerprint density at radius 1 is 1.35 bits per heavy atom. The van der Waals surface area contributed by atoms with Crippen LogP contribution in [0.2, 0.25) is 0 Å². The van der Waals surface area contributed by atoms with Crippen molar-refractivity contribution in [2.45, 2.75) is 6.54 Å². The number of amides is 1. The lowest BCUT2D eigenvalue weighted by Gasteiger charge is -2.13. The van der Waals surface area contributed by atoms with Gasteiger partial charge in [0.1, 0.15) is 17.4 Å². The van der Waals surface area contributed by atoms with E-state index in [2.05, 4.69) is 10.6 Å². The molecule has 2 aromatic rings. The van der Waals surface area contributed by atoms with Crippen LogP contribution < -0.4 is 15.5 Å². The number of carbonyl (C=O) groups excluding carboxylic acids is 1. The number of nitrogens with zero attached hydrogens (tertiary/aromatic N) is 2. The normalized spacial score (nSPS) is 10.7. The van der Waals surface area contributed by atoms with Crippen molar-refractivity contribution < 1.29 is 9.21 Å². The van der Waals surface area contributed by atoms with Gasteiger partial charge in [-0.15, -0.1) is 0 Å². The van der Waals surface area contributed by atoms with Gasteiger partial charge in [-0.3, -0.25) is 4.79 Å². The third-order valence-corrected chi connectivity index (χ3v) is 3.11. The molecule has 1 aromatic carbocycles. The van der Waals surface area contributed by atoms with Gasteiger partial charge in [0.25, 0.3) is 5.91 Å². The quantitative estimate of drug-likeness (QED) is 0.633. The Kier molecular flexibility index (Phi) is 5.42. The van der Waals surface area contributed by atoms with Crippen molar-refractivity contribution >= 4 is 17.3 Å². The number of nitrogens with one attached hydrogen (secondary N) is 2. The van der Waals surface area contributed by atoms with Crippen LogP contribution in [-0.4, -0.2) is 20.0 Å². The van der Waals surface area contributed by atoms with E-state index in [1.54, 1.807) is 12.1 Å². The molecule has 0 spiro atoms. The van der Waals surface area contributed by atoms with Gasteiger partial charge in [-0.2, -0.15) is 5.26 Å². The maximum atomic E-state index is 12.0. The Hall–Kier alpha value is -3.20. The zero-order chi connectivity index (χ0) is 16.7. The van der Waals surface area contributed by atoms with Gasteiger partial charge in [-0.1, -0.05) is 6.07 Å². The Bertz CT molecular complexity index is 727. The van der Waals surface area contributed by atoms with Crippen molar-refractivity contribution in [3.8, 4) is 6.07 Å². The standard InChI is InChI=1S/C17H18N4O2/c1-21(2)15-6-3-5-14(9-15)19-11-13(10-18)17(22)20-12-16-7-4-8-23-16/h3-9,11,19H,12H2,1-2H3,(H,20,22)/b13-11-. The molecule has 0 aliphatic heterocycles. The summed E-state index contributed by atoms with van der Waals surface area (Å²) in [5.41, 5.74) is 1.80. The van der Waals surface area contributed by atoms with Crippen molar-refractivity contribution in [1.82, 2.24) is 5.32 Å². The maximum Gasteiger partial charge on any atom is 0.263 e. The highest BCUT2D eigenvalue weighted by molar-refractivity contribution is 5.97. The molecule has 0 unspecified atom stereocenters. The second-order valence-corrected chi connectivity index (χ2v) is 5.02. The third kappa shape index (κ3) is 4.64. The molecule has 0 saturated carbocycles.